The van der Waals surface area contributed by atoms with Crippen molar-refractivity contribution in [2.45, 2.75) is 39.7 Å². The van der Waals surface area contributed by atoms with Gasteiger partial charge in [-0.15, -0.1) is 0 Å². The maximum absolute atomic E-state index is 12.8. The smallest absolute Gasteiger partial charge is 0.339 e. The van der Waals surface area contributed by atoms with Crippen molar-refractivity contribution in [1.29, 1.82) is 0 Å². The van der Waals surface area contributed by atoms with Gasteiger partial charge in [0.1, 0.15) is 5.76 Å². The number of amides is 1. The Bertz CT molecular complexity index is 980. The highest BCUT2D eigenvalue weighted by Crippen LogP contribution is 2.20. The van der Waals surface area contributed by atoms with Crippen LogP contribution in [-0.2, 0) is 9.53 Å². The molecule has 0 bridgehead atoms. The lowest BCUT2D eigenvalue weighted by atomic mass is 10.1. The van der Waals surface area contributed by atoms with Crippen LogP contribution in [0.25, 0.3) is 10.9 Å². The first-order valence-electron chi connectivity index (χ1n) is 8.79. The van der Waals surface area contributed by atoms with Gasteiger partial charge in [0, 0.05) is 17.1 Å². The van der Waals surface area contributed by atoms with Crippen LogP contribution >= 0.6 is 0 Å². The fourth-order valence-electron chi connectivity index (χ4n) is 2.81. The van der Waals surface area contributed by atoms with Crippen LogP contribution in [0, 0.1) is 13.8 Å². The third-order valence-electron chi connectivity index (χ3n) is 4.04. The van der Waals surface area contributed by atoms with Crippen molar-refractivity contribution in [3.8, 4) is 0 Å². The van der Waals surface area contributed by atoms with Crippen molar-refractivity contribution in [1.82, 2.24) is 10.1 Å². The van der Waals surface area contributed by atoms with Crippen molar-refractivity contribution in [2.75, 3.05) is 5.32 Å². The van der Waals surface area contributed by atoms with Gasteiger partial charge < -0.3 is 14.6 Å². The summed E-state index contributed by atoms with van der Waals surface area (Å²) in [5.74, 6) is -0.122. The molecule has 1 amide bonds. The number of esters is 1. The summed E-state index contributed by atoms with van der Waals surface area (Å²) < 4.78 is 10.5. The number of benzene rings is 1. The molecule has 0 saturated carbocycles. The topological polar surface area (TPSA) is 94.3 Å². The molecular formula is C20H21N3O4. The first-order valence-corrected chi connectivity index (χ1v) is 8.79. The predicted octanol–water partition coefficient (Wildman–Crippen LogP) is 3.80. The zero-order valence-electron chi connectivity index (χ0n) is 15.5. The minimum atomic E-state index is -0.924. The number of aromatic nitrogens is 2. The zero-order chi connectivity index (χ0) is 19.4. The predicted molar refractivity (Wildman–Crippen MR) is 100 cm³/mol. The summed E-state index contributed by atoms with van der Waals surface area (Å²) in [4.78, 5) is 29.7. The van der Waals surface area contributed by atoms with E-state index >= 15 is 0 Å². The van der Waals surface area contributed by atoms with Crippen LogP contribution in [-0.4, -0.2) is 28.1 Å². The van der Waals surface area contributed by atoms with Gasteiger partial charge in [0.05, 0.1) is 11.1 Å². The normalized spacial score (nSPS) is 12.0. The number of hydrogen-bond donors (Lipinski definition) is 1. The van der Waals surface area contributed by atoms with E-state index in [1.54, 1.807) is 19.1 Å². The number of carbonyl (C=O) groups excluding carboxylic acids is 2. The molecule has 3 aromatic rings. The minimum absolute atomic E-state index is 0.292. The summed E-state index contributed by atoms with van der Waals surface area (Å²) in [6.45, 7) is 5.45. The van der Waals surface area contributed by atoms with Gasteiger partial charge in [-0.3, -0.25) is 9.78 Å². The number of anilines is 1. The Kier molecular flexibility index (Phi) is 5.49. The molecule has 0 aliphatic heterocycles. The van der Waals surface area contributed by atoms with Gasteiger partial charge in [-0.1, -0.05) is 36.7 Å². The number of fused-ring (bicyclic) bond motifs is 1. The first-order chi connectivity index (χ1) is 13.0. The molecule has 0 aliphatic carbocycles. The van der Waals surface area contributed by atoms with E-state index in [-0.39, 0.29) is 0 Å². The summed E-state index contributed by atoms with van der Waals surface area (Å²) in [5, 5.41) is 7.04. The maximum Gasteiger partial charge on any atom is 0.339 e. The van der Waals surface area contributed by atoms with Crippen molar-refractivity contribution >= 4 is 28.6 Å². The van der Waals surface area contributed by atoms with Crippen LogP contribution in [0.3, 0.4) is 0 Å². The summed E-state index contributed by atoms with van der Waals surface area (Å²) in [7, 11) is 0. The van der Waals surface area contributed by atoms with Crippen LogP contribution in [0.15, 0.2) is 40.9 Å². The largest absolute Gasteiger partial charge is 0.449 e. The molecule has 2 aromatic heterocycles. The molecule has 0 fully saturated rings. The Morgan fingerprint density at radius 1 is 1.22 bits per heavy atom. The van der Waals surface area contributed by atoms with E-state index in [4.69, 9.17) is 9.26 Å². The second-order valence-electron chi connectivity index (χ2n) is 6.32. The molecule has 7 nitrogen and oxygen atoms in total. The molecule has 0 saturated heterocycles. The highest BCUT2D eigenvalue weighted by atomic mass is 16.5. The Labute approximate surface area is 156 Å². The number of pyridine rings is 1. The quantitative estimate of drug-likeness (QED) is 0.666. The van der Waals surface area contributed by atoms with Crippen LogP contribution in [0.5, 0.6) is 0 Å². The second-order valence-corrected chi connectivity index (χ2v) is 6.32. The van der Waals surface area contributed by atoms with Crippen molar-refractivity contribution in [3.63, 3.8) is 0 Å². The monoisotopic (exact) mass is 367 g/mol. The lowest BCUT2D eigenvalue weighted by Gasteiger charge is -2.17. The molecule has 1 atom stereocenters. The van der Waals surface area contributed by atoms with Gasteiger partial charge >= 0.3 is 5.97 Å². The molecule has 0 spiro atoms. The van der Waals surface area contributed by atoms with Gasteiger partial charge in [0.25, 0.3) is 5.91 Å². The number of ether oxygens (including phenoxy) is 1. The Morgan fingerprint density at radius 3 is 2.70 bits per heavy atom. The number of hydrogen-bond acceptors (Lipinski definition) is 6. The molecule has 27 heavy (non-hydrogen) atoms. The van der Waals surface area contributed by atoms with Crippen LogP contribution in [0.4, 0.5) is 5.82 Å². The van der Waals surface area contributed by atoms with Crippen molar-refractivity contribution in [2.24, 2.45) is 0 Å². The number of nitrogens with one attached hydrogen (secondary N) is 1. The summed E-state index contributed by atoms with van der Waals surface area (Å²) in [6.07, 6.45) is 0.155. The first kappa shape index (κ1) is 18.6. The fraction of sp³-hybridized carbons (Fsp3) is 0.300. The van der Waals surface area contributed by atoms with Crippen LogP contribution < -0.4 is 5.32 Å². The average molecular weight is 367 g/mol. The maximum atomic E-state index is 12.8. The van der Waals surface area contributed by atoms with Crippen molar-refractivity contribution in [3.05, 3.63) is 53.4 Å². The molecule has 1 aromatic carbocycles. The molecule has 0 radical (unpaired) electrons. The van der Waals surface area contributed by atoms with Gasteiger partial charge in [0.15, 0.2) is 11.9 Å². The van der Waals surface area contributed by atoms with Gasteiger partial charge in [-0.2, -0.15) is 0 Å². The van der Waals surface area contributed by atoms with E-state index in [9.17, 15) is 9.59 Å². The number of nitrogens with zero attached hydrogens (tertiary/aromatic N) is 2. The zero-order valence-corrected chi connectivity index (χ0v) is 15.5. The standard InChI is InChI=1S/C20H21N3O4/c1-4-7-17(19(24)22-18-11-13(3)27-23-18)26-20(25)15-10-12(2)21-16-9-6-5-8-14(15)16/h5-6,8-11,17H,4,7H2,1-3H3,(H,22,23,24)/t17-/m1/s1. The molecule has 2 heterocycles. The third-order valence-corrected chi connectivity index (χ3v) is 4.04. The Morgan fingerprint density at radius 2 is 2.00 bits per heavy atom. The van der Waals surface area contributed by atoms with Gasteiger partial charge in [0.2, 0.25) is 0 Å². The summed E-state index contributed by atoms with van der Waals surface area (Å²) in [5.41, 5.74) is 1.80. The number of para-hydroxylation sites is 1. The van der Waals surface area contributed by atoms with E-state index in [0.717, 1.165) is 0 Å². The van der Waals surface area contributed by atoms with Crippen LogP contribution in [0.2, 0.25) is 0 Å². The molecule has 7 heteroatoms. The molecule has 0 unspecified atom stereocenters. The molecule has 140 valence electrons. The average Bonchev–Trinajstić information content (AvgIpc) is 3.05. The molecule has 0 aliphatic rings. The van der Waals surface area contributed by atoms with E-state index < -0.39 is 18.0 Å². The van der Waals surface area contributed by atoms with Crippen molar-refractivity contribution < 1.29 is 18.8 Å². The fourth-order valence-corrected chi connectivity index (χ4v) is 2.81. The number of rotatable bonds is 6. The molecule has 3 rings (SSSR count). The highest BCUT2D eigenvalue weighted by molar-refractivity contribution is 6.05. The SMILES string of the molecule is CCC[C@@H](OC(=O)c1cc(C)nc2ccccc12)C(=O)Nc1cc(C)on1. The third kappa shape index (κ3) is 4.31. The molecule has 1 N–H and O–H groups in total. The Hall–Kier alpha value is -3.22. The lowest BCUT2D eigenvalue weighted by molar-refractivity contribution is -0.125. The van der Waals surface area contributed by atoms with Crippen LogP contribution in [0.1, 0.15) is 41.6 Å². The van der Waals surface area contributed by atoms with Gasteiger partial charge in [-0.25, -0.2) is 4.79 Å². The molecular weight excluding hydrogens is 346 g/mol. The summed E-state index contributed by atoms with van der Waals surface area (Å²) >= 11 is 0. The van der Waals surface area contributed by atoms with Gasteiger partial charge in [-0.05, 0) is 32.4 Å². The summed E-state index contributed by atoms with van der Waals surface area (Å²) in [6, 6.07) is 10.6. The van der Waals surface area contributed by atoms with E-state index in [1.807, 2.05) is 38.1 Å². The number of carbonyl (C=O) groups is 2. The lowest BCUT2D eigenvalue weighted by Crippen LogP contribution is -2.32. The number of aryl methyl sites for hydroxylation is 2. The van der Waals surface area contributed by atoms with E-state index in [1.165, 1.54) is 0 Å². The second kappa shape index (κ2) is 7.99. The highest BCUT2D eigenvalue weighted by Gasteiger charge is 2.25. The van der Waals surface area contributed by atoms with E-state index in [0.29, 0.717) is 46.6 Å². The minimum Gasteiger partial charge on any atom is -0.449 e. The van der Waals surface area contributed by atoms with E-state index in [2.05, 4.69) is 15.5 Å². The Balaban J connectivity index is 1.82.